The molecule has 0 aliphatic rings. The van der Waals surface area contributed by atoms with E-state index in [-0.39, 0.29) is 5.38 Å². The first-order valence-corrected chi connectivity index (χ1v) is 5.77. The van der Waals surface area contributed by atoms with Crippen LogP contribution in [0.5, 0.6) is 0 Å². The molecule has 0 fully saturated rings. The van der Waals surface area contributed by atoms with Gasteiger partial charge in [-0.15, -0.1) is 11.6 Å². The molecule has 6 heteroatoms. The molecule has 0 radical (unpaired) electrons. The highest BCUT2D eigenvalue weighted by Crippen LogP contribution is 2.30. The molecular formula is C10H8Cl3N3. The van der Waals surface area contributed by atoms with Crippen molar-refractivity contribution in [2.24, 2.45) is 0 Å². The molecule has 1 aromatic heterocycles. The van der Waals surface area contributed by atoms with Gasteiger partial charge in [0.2, 0.25) is 0 Å². The van der Waals surface area contributed by atoms with Crippen LogP contribution in [0.3, 0.4) is 0 Å². The van der Waals surface area contributed by atoms with Crippen LogP contribution in [0, 0.1) is 0 Å². The second-order valence-corrected chi connectivity index (χ2v) is 4.62. The Morgan fingerprint density at radius 3 is 2.75 bits per heavy atom. The molecular weight excluding hydrogens is 268 g/mol. The highest BCUT2D eigenvalue weighted by molar-refractivity contribution is 6.35. The zero-order chi connectivity index (χ0) is 11.5. The molecule has 1 aromatic carbocycles. The van der Waals surface area contributed by atoms with Crippen molar-refractivity contribution in [2.75, 3.05) is 0 Å². The summed E-state index contributed by atoms with van der Waals surface area (Å²) in [7, 11) is 0. The van der Waals surface area contributed by atoms with E-state index in [1.54, 1.807) is 23.1 Å². The van der Waals surface area contributed by atoms with Crippen molar-refractivity contribution in [1.82, 2.24) is 14.8 Å². The SMILES string of the molecule is Clc1ccc(C(Cl)Cn2cncn2)c(Cl)c1. The lowest BCUT2D eigenvalue weighted by atomic mass is 10.1. The number of hydrogen-bond acceptors (Lipinski definition) is 2. The summed E-state index contributed by atoms with van der Waals surface area (Å²) in [5.41, 5.74) is 0.836. The summed E-state index contributed by atoms with van der Waals surface area (Å²) in [5, 5.41) is 4.88. The van der Waals surface area contributed by atoms with Gasteiger partial charge in [0.05, 0.1) is 11.9 Å². The van der Waals surface area contributed by atoms with E-state index in [2.05, 4.69) is 10.1 Å². The third kappa shape index (κ3) is 2.67. The molecule has 2 aromatic rings. The van der Waals surface area contributed by atoms with Gasteiger partial charge in [0.1, 0.15) is 12.7 Å². The molecule has 84 valence electrons. The van der Waals surface area contributed by atoms with Crippen molar-refractivity contribution < 1.29 is 0 Å². The molecule has 0 amide bonds. The Balaban J connectivity index is 2.17. The molecule has 0 saturated heterocycles. The monoisotopic (exact) mass is 275 g/mol. The second-order valence-electron chi connectivity index (χ2n) is 3.25. The summed E-state index contributed by atoms with van der Waals surface area (Å²) < 4.78 is 1.66. The number of nitrogens with zero attached hydrogens (tertiary/aromatic N) is 3. The van der Waals surface area contributed by atoms with Crippen LogP contribution < -0.4 is 0 Å². The minimum absolute atomic E-state index is 0.258. The second kappa shape index (κ2) is 5.04. The van der Waals surface area contributed by atoms with E-state index in [0.29, 0.717) is 16.6 Å². The van der Waals surface area contributed by atoms with Crippen LogP contribution in [0.25, 0.3) is 0 Å². The third-order valence-corrected chi connectivity index (χ3v) is 3.05. The van der Waals surface area contributed by atoms with Crippen molar-refractivity contribution in [3.05, 3.63) is 46.5 Å². The molecule has 2 rings (SSSR count). The summed E-state index contributed by atoms with van der Waals surface area (Å²) in [5.74, 6) is 0. The fourth-order valence-corrected chi connectivity index (χ4v) is 2.27. The average Bonchev–Trinajstić information content (AvgIpc) is 2.70. The van der Waals surface area contributed by atoms with Gasteiger partial charge in [-0.25, -0.2) is 4.98 Å². The Morgan fingerprint density at radius 2 is 2.12 bits per heavy atom. The normalized spacial score (nSPS) is 12.7. The van der Waals surface area contributed by atoms with Gasteiger partial charge in [0.25, 0.3) is 0 Å². The van der Waals surface area contributed by atoms with Crippen molar-refractivity contribution >= 4 is 34.8 Å². The first-order chi connectivity index (χ1) is 7.66. The molecule has 0 aliphatic heterocycles. The first kappa shape index (κ1) is 11.7. The van der Waals surface area contributed by atoms with Crippen molar-refractivity contribution in [3.8, 4) is 0 Å². The average molecular weight is 277 g/mol. The van der Waals surface area contributed by atoms with Gasteiger partial charge in [-0.3, -0.25) is 4.68 Å². The highest BCUT2D eigenvalue weighted by Gasteiger charge is 2.13. The topological polar surface area (TPSA) is 30.7 Å². The summed E-state index contributed by atoms with van der Waals surface area (Å²) in [6.45, 7) is 0.517. The van der Waals surface area contributed by atoms with Crippen LogP contribution in [0.4, 0.5) is 0 Å². The molecule has 1 heterocycles. The number of rotatable bonds is 3. The molecule has 0 saturated carbocycles. The van der Waals surface area contributed by atoms with Crippen LogP contribution in [-0.2, 0) is 6.54 Å². The van der Waals surface area contributed by atoms with Gasteiger partial charge in [-0.2, -0.15) is 5.10 Å². The lowest BCUT2D eigenvalue weighted by Gasteiger charge is -2.11. The van der Waals surface area contributed by atoms with E-state index in [1.165, 1.54) is 6.33 Å². The van der Waals surface area contributed by atoms with Crippen LogP contribution in [0.15, 0.2) is 30.9 Å². The molecule has 0 N–H and O–H groups in total. The van der Waals surface area contributed by atoms with Gasteiger partial charge in [-0.1, -0.05) is 29.3 Å². The smallest absolute Gasteiger partial charge is 0.137 e. The van der Waals surface area contributed by atoms with E-state index < -0.39 is 0 Å². The third-order valence-electron chi connectivity index (χ3n) is 2.11. The Bertz CT molecular complexity index is 470. The number of hydrogen-bond donors (Lipinski definition) is 0. The molecule has 3 nitrogen and oxygen atoms in total. The van der Waals surface area contributed by atoms with Gasteiger partial charge in [0, 0.05) is 10.0 Å². The largest absolute Gasteiger partial charge is 0.251 e. The maximum absolute atomic E-state index is 6.24. The maximum Gasteiger partial charge on any atom is 0.137 e. The summed E-state index contributed by atoms with van der Waals surface area (Å²) in [6.07, 6.45) is 3.08. The van der Waals surface area contributed by atoms with Gasteiger partial charge >= 0.3 is 0 Å². The van der Waals surface area contributed by atoms with Crippen LogP contribution in [0.2, 0.25) is 10.0 Å². The highest BCUT2D eigenvalue weighted by atomic mass is 35.5. The van der Waals surface area contributed by atoms with Gasteiger partial charge < -0.3 is 0 Å². The molecule has 0 spiro atoms. The molecule has 0 aliphatic carbocycles. The van der Waals surface area contributed by atoms with Crippen LogP contribution >= 0.6 is 34.8 Å². The lowest BCUT2D eigenvalue weighted by Crippen LogP contribution is -2.05. The Hall–Kier alpha value is -0.770. The van der Waals surface area contributed by atoms with E-state index in [0.717, 1.165) is 5.56 Å². The standard InChI is InChI=1S/C10H8Cl3N3/c11-7-1-2-8(9(12)3-7)10(13)4-16-6-14-5-15-16/h1-3,5-6,10H,4H2. The maximum atomic E-state index is 6.24. The number of benzene rings is 1. The number of aromatic nitrogens is 3. The fourth-order valence-electron chi connectivity index (χ4n) is 1.35. The minimum atomic E-state index is -0.258. The summed E-state index contributed by atoms with van der Waals surface area (Å²) >= 11 is 18.1. The van der Waals surface area contributed by atoms with Crippen molar-refractivity contribution in [2.45, 2.75) is 11.9 Å². The summed E-state index contributed by atoms with van der Waals surface area (Å²) in [4.78, 5) is 3.84. The first-order valence-electron chi connectivity index (χ1n) is 4.58. The Kier molecular flexibility index (Phi) is 3.69. The van der Waals surface area contributed by atoms with Crippen LogP contribution in [0.1, 0.15) is 10.9 Å². The molecule has 0 bridgehead atoms. The van der Waals surface area contributed by atoms with Gasteiger partial charge in [-0.05, 0) is 17.7 Å². The van der Waals surface area contributed by atoms with E-state index in [4.69, 9.17) is 34.8 Å². The van der Waals surface area contributed by atoms with E-state index >= 15 is 0 Å². The zero-order valence-electron chi connectivity index (χ0n) is 8.15. The van der Waals surface area contributed by atoms with Gasteiger partial charge in [0.15, 0.2) is 0 Å². The fraction of sp³-hybridized carbons (Fsp3) is 0.200. The van der Waals surface area contributed by atoms with Crippen LogP contribution in [-0.4, -0.2) is 14.8 Å². The predicted molar refractivity (Wildman–Crippen MR) is 65.1 cm³/mol. The molecule has 16 heavy (non-hydrogen) atoms. The molecule has 1 atom stereocenters. The quantitative estimate of drug-likeness (QED) is 0.803. The lowest BCUT2D eigenvalue weighted by molar-refractivity contribution is 0.600. The van der Waals surface area contributed by atoms with E-state index in [9.17, 15) is 0 Å². The minimum Gasteiger partial charge on any atom is -0.251 e. The zero-order valence-corrected chi connectivity index (χ0v) is 10.4. The number of alkyl halides is 1. The summed E-state index contributed by atoms with van der Waals surface area (Å²) in [6, 6.07) is 5.26. The Morgan fingerprint density at radius 1 is 1.31 bits per heavy atom. The Labute approximate surface area is 108 Å². The predicted octanol–water partition coefficient (Wildman–Crippen LogP) is 3.57. The molecule has 1 unspecified atom stereocenters. The van der Waals surface area contributed by atoms with Crippen molar-refractivity contribution in [3.63, 3.8) is 0 Å². The number of halogens is 3. The van der Waals surface area contributed by atoms with E-state index in [1.807, 2.05) is 6.07 Å². The van der Waals surface area contributed by atoms with Crippen molar-refractivity contribution in [1.29, 1.82) is 0 Å².